The first kappa shape index (κ1) is 20.4. The largest absolute Gasteiger partial charge is 0.433 e. The van der Waals surface area contributed by atoms with Gasteiger partial charge in [-0.1, -0.05) is 12.1 Å². The number of rotatable bonds is 3. The van der Waals surface area contributed by atoms with Crippen LogP contribution in [-0.4, -0.2) is 56.5 Å². The van der Waals surface area contributed by atoms with Crippen molar-refractivity contribution in [1.29, 1.82) is 0 Å². The summed E-state index contributed by atoms with van der Waals surface area (Å²) in [6.07, 6.45) is -1.02. The second-order valence-corrected chi connectivity index (χ2v) is 7.85. The number of carbonyl (C=O) groups is 1. The molecule has 0 bridgehead atoms. The monoisotopic (exact) mass is 446 g/mol. The van der Waals surface area contributed by atoms with Gasteiger partial charge in [-0.25, -0.2) is 9.37 Å². The molecule has 0 saturated carbocycles. The fourth-order valence-corrected chi connectivity index (χ4v) is 4.37. The van der Waals surface area contributed by atoms with E-state index >= 15 is 0 Å². The zero-order chi connectivity index (χ0) is 22.5. The Morgan fingerprint density at radius 1 is 1.03 bits per heavy atom. The van der Waals surface area contributed by atoms with Gasteiger partial charge in [0.1, 0.15) is 17.2 Å². The molecule has 1 aromatic carbocycles. The number of alkyl halides is 3. The Hall–Kier alpha value is -3.50. The number of nitrogens with zero attached hydrogens (tertiary/aromatic N) is 6. The van der Waals surface area contributed by atoms with Crippen molar-refractivity contribution < 1.29 is 22.4 Å². The van der Waals surface area contributed by atoms with Crippen molar-refractivity contribution in [3.05, 3.63) is 65.9 Å². The summed E-state index contributed by atoms with van der Waals surface area (Å²) in [7, 11) is 0. The highest BCUT2D eigenvalue weighted by Crippen LogP contribution is 2.36. The number of likely N-dealkylation sites (tertiary alicyclic amines) is 1. The predicted molar refractivity (Wildman–Crippen MR) is 106 cm³/mol. The Morgan fingerprint density at radius 2 is 1.78 bits per heavy atom. The molecule has 2 atom stereocenters. The molecular formula is C21H18F4N6O. The van der Waals surface area contributed by atoms with Crippen LogP contribution in [-0.2, 0) is 6.18 Å². The Balaban J connectivity index is 1.39. The molecule has 2 aliphatic rings. The summed E-state index contributed by atoms with van der Waals surface area (Å²) in [4.78, 5) is 21.5. The molecular weight excluding hydrogens is 428 g/mol. The van der Waals surface area contributed by atoms with Gasteiger partial charge >= 0.3 is 6.18 Å². The average molecular weight is 446 g/mol. The molecule has 2 fully saturated rings. The fourth-order valence-electron chi connectivity index (χ4n) is 4.37. The van der Waals surface area contributed by atoms with Crippen LogP contribution in [0.1, 0.15) is 22.5 Å². The standard InChI is InChI=1S/C21H18F4N6O/c22-15-4-1-3-14(19(15)31-26-8-9-27-31)20(32)30-11-13-7-10-29(12-16(13)30)18-6-2-5-17(28-18)21(23,24)25/h1-6,8-9,13,16H,7,10-12H2. The van der Waals surface area contributed by atoms with E-state index in [2.05, 4.69) is 15.2 Å². The van der Waals surface area contributed by atoms with Crippen LogP contribution in [0.4, 0.5) is 23.4 Å². The van der Waals surface area contributed by atoms with Crippen LogP contribution >= 0.6 is 0 Å². The van der Waals surface area contributed by atoms with E-state index in [4.69, 9.17) is 0 Å². The lowest BCUT2D eigenvalue weighted by molar-refractivity contribution is -0.141. The van der Waals surface area contributed by atoms with E-state index in [9.17, 15) is 22.4 Å². The van der Waals surface area contributed by atoms with Crippen molar-refractivity contribution in [3.63, 3.8) is 0 Å². The van der Waals surface area contributed by atoms with E-state index in [-0.39, 0.29) is 34.9 Å². The van der Waals surface area contributed by atoms with E-state index in [1.807, 2.05) is 0 Å². The summed E-state index contributed by atoms with van der Waals surface area (Å²) in [6, 6.07) is 7.80. The zero-order valence-electron chi connectivity index (χ0n) is 16.7. The second-order valence-electron chi connectivity index (χ2n) is 7.85. The highest BCUT2D eigenvalue weighted by Gasteiger charge is 2.46. The van der Waals surface area contributed by atoms with Gasteiger partial charge in [0, 0.05) is 25.6 Å². The third-order valence-electron chi connectivity index (χ3n) is 6.00. The topological polar surface area (TPSA) is 67.2 Å². The molecule has 3 aromatic rings. The number of hydrogen-bond acceptors (Lipinski definition) is 5. The quantitative estimate of drug-likeness (QED) is 0.579. The zero-order valence-corrected chi connectivity index (χ0v) is 16.7. The molecule has 2 saturated heterocycles. The molecule has 7 nitrogen and oxygen atoms in total. The second kappa shape index (κ2) is 7.57. The smallest absolute Gasteiger partial charge is 0.355 e. The summed E-state index contributed by atoms with van der Waals surface area (Å²) >= 11 is 0. The van der Waals surface area contributed by atoms with Gasteiger partial charge in [0.2, 0.25) is 0 Å². The van der Waals surface area contributed by atoms with Gasteiger partial charge in [-0.2, -0.15) is 23.4 Å². The van der Waals surface area contributed by atoms with Gasteiger partial charge < -0.3 is 9.80 Å². The van der Waals surface area contributed by atoms with Gasteiger partial charge in [0.25, 0.3) is 5.91 Å². The first-order valence-electron chi connectivity index (χ1n) is 10.1. The summed E-state index contributed by atoms with van der Waals surface area (Å²) in [6.45, 7) is 1.42. The van der Waals surface area contributed by atoms with Crippen LogP contribution in [0.3, 0.4) is 0 Å². The summed E-state index contributed by atoms with van der Waals surface area (Å²) < 4.78 is 53.7. The molecule has 0 radical (unpaired) electrons. The highest BCUT2D eigenvalue weighted by atomic mass is 19.4. The summed E-state index contributed by atoms with van der Waals surface area (Å²) in [5.74, 6) is -0.523. The summed E-state index contributed by atoms with van der Waals surface area (Å²) in [5, 5.41) is 7.88. The van der Waals surface area contributed by atoms with Gasteiger partial charge in [0.15, 0.2) is 5.82 Å². The van der Waals surface area contributed by atoms with E-state index in [1.165, 1.54) is 42.7 Å². The van der Waals surface area contributed by atoms with Gasteiger partial charge in [-0.3, -0.25) is 4.79 Å². The third kappa shape index (κ3) is 3.47. The number of piperidine rings is 1. The maximum absolute atomic E-state index is 14.5. The number of fused-ring (bicyclic) bond motifs is 1. The third-order valence-corrected chi connectivity index (χ3v) is 6.00. The molecule has 4 heterocycles. The van der Waals surface area contributed by atoms with Crippen molar-refractivity contribution in [3.8, 4) is 5.69 Å². The number of hydrogen-bond donors (Lipinski definition) is 0. The minimum atomic E-state index is -4.53. The molecule has 5 rings (SSSR count). The van der Waals surface area contributed by atoms with Crippen LogP contribution in [0.2, 0.25) is 0 Å². The molecule has 2 aromatic heterocycles. The number of para-hydroxylation sites is 1. The molecule has 0 N–H and O–H groups in total. The van der Waals surface area contributed by atoms with Crippen LogP contribution < -0.4 is 4.90 Å². The maximum atomic E-state index is 14.5. The SMILES string of the molecule is O=C(c1cccc(F)c1-n1nccn1)N1CC2CCN(c3cccc(C(F)(F)F)n3)CC21. The molecule has 166 valence electrons. The van der Waals surface area contributed by atoms with Crippen LogP contribution in [0.15, 0.2) is 48.8 Å². The summed E-state index contributed by atoms with van der Waals surface area (Å²) in [5.41, 5.74) is -0.845. The normalized spacial score (nSPS) is 20.6. The van der Waals surface area contributed by atoms with E-state index in [0.717, 1.165) is 17.3 Å². The minimum Gasteiger partial charge on any atom is -0.355 e. The molecule has 2 aliphatic heterocycles. The average Bonchev–Trinajstić information content (AvgIpc) is 3.28. The Bertz CT molecular complexity index is 1150. The Labute approximate surface area is 180 Å². The number of carbonyl (C=O) groups excluding carboxylic acids is 1. The van der Waals surface area contributed by atoms with Gasteiger partial charge in [-0.05, 0) is 30.7 Å². The van der Waals surface area contributed by atoms with Gasteiger partial charge in [0.05, 0.1) is 24.0 Å². The number of amides is 1. The number of pyridine rings is 1. The van der Waals surface area contributed by atoms with Gasteiger partial charge in [-0.15, -0.1) is 4.80 Å². The van der Waals surface area contributed by atoms with E-state index in [1.54, 1.807) is 9.80 Å². The van der Waals surface area contributed by atoms with E-state index in [0.29, 0.717) is 19.6 Å². The van der Waals surface area contributed by atoms with Crippen molar-refractivity contribution in [1.82, 2.24) is 24.9 Å². The fraction of sp³-hybridized carbons (Fsp3) is 0.333. The Morgan fingerprint density at radius 3 is 2.53 bits per heavy atom. The van der Waals surface area contributed by atoms with Crippen LogP contribution in [0.25, 0.3) is 5.69 Å². The van der Waals surface area contributed by atoms with Crippen LogP contribution in [0, 0.1) is 11.7 Å². The van der Waals surface area contributed by atoms with Crippen molar-refractivity contribution >= 4 is 11.7 Å². The molecule has 0 aliphatic carbocycles. The number of benzene rings is 1. The number of aromatic nitrogens is 4. The minimum absolute atomic E-state index is 0.0295. The lowest BCUT2D eigenvalue weighted by Crippen LogP contribution is -2.66. The number of halogens is 4. The molecule has 32 heavy (non-hydrogen) atoms. The highest BCUT2D eigenvalue weighted by molar-refractivity contribution is 5.98. The van der Waals surface area contributed by atoms with E-state index < -0.39 is 17.7 Å². The molecule has 0 spiro atoms. The maximum Gasteiger partial charge on any atom is 0.433 e. The van der Waals surface area contributed by atoms with Crippen LogP contribution in [0.5, 0.6) is 0 Å². The first-order chi connectivity index (χ1) is 15.3. The van der Waals surface area contributed by atoms with Crippen molar-refractivity contribution in [2.45, 2.75) is 18.6 Å². The first-order valence-corrected chi connectivity index (χ1v) is 10.1. The molecule has 2 unspecified atom stereocenters. The molecule has 1 amide bonds. The van der Waals surface area contributed by atoms with Crippen molar-refractivity contribution in [2.24, 2.45) is 5.92 Å². The molecule has 11 heteroatoms. The lowest BCUT2D eigenvalue weighted by Gasteiger charge is -2.53. The Kier molecular flexibility index (Phi) is 4.83. The van der Waals surface area contributed by atoms with Crippen molar-refractivity contribution in [2.75, 3.05) is 24.5 Å². The predicted octanol–water partition coefficient (Wildman–Crippen LogP) is 3.17. The number of anilines is 1. The lowest BCUT2D eigenvalue weighted by atomic mass is 9.81.